The number of halogens is 1. The zero-order chi connectivity index (χ0) is 17.9. The highest BCUT2D eigenvalue weighted by Gasteiger charge is 2.40. The third-order valence-electron chi connectivity index (χ3n) is 4.39. The highest BCUT2D eigenvalue weighted by atomic mass is 35.5. The van der Waals surface area contributed by atoms with Gasteiger partial charge in [-0.3, -0.25) is 4.79 Å². The van der Waals surface area contributed by atoms with E-state index < -0.39 is 5.60 Å². The van der Waals surface area contributed by atoms with Crippen molar-refractivity contribution < 1.29 is 14.6 Å². The molecule has 1 saturated heterocycles. The number of nitrogens with two attached hydrogens (primary N) is 1. The molecule has 1 amide bonds. The molecule has 1 aliphatic rings. The molecule has 0 saturated carbocycles. The standard InChI is InChI=1S/C19H21ClN2O3/c20-15-6-7-17(25-11-9-21)16(12-15)18(23)22-10-8-19(24,13-22)14-4-2-1-3-5-14/h1-7,12,24H,8-11,13,21H2/t19-/m1/s1. The third kappa shape index (κ3) is 3.79. The predicted octanol–water partition coefficient (Wildman–Crippen LogP) is 2.41. The van der Waals surface area contributed by atoms with Gasteiger partial charge in [0.25, 0.3) is 5.91 Å². The van der Waals surface area contributed by atoms with E-state index in [1.54, 1.807) is 23.1 Å². The molecule has 0 aliphatic carbocycles. The van der Waals surface area contributed by atoms with Crippen molar-refractivity contribution in [2.24, 2.45) is 5.73 Å². The molecular weight excluding hydrogens is 340 g/mol. The maximum Gasteiger partial charge on any atom is 0.257 e. The second-order valence-electron chi connectivity index (χ2n) is 6.15. The van der Waals surface area contributed by atoms with Crippen molar-refractivity contribution in [1.29, 1.82) is 0 Å². The molecule has 5 nitrogen and oxygen atoms in total. The summed E-state index contributed by atoms with van der Waals surface area (Å²) in [5.74, 6) is 0.247. The molecule has 1 fully saturated rings. The van der Waals surface area contributed by atoms with Crippen molar-refractivity contribution >= 4 is 17.5 Å². The molecule has 2 aromatic rings. The minimum atomic E-state index is -1.03. The monoisotopic (exact) mass is 360 g/mol. The van der Waals surface area contributed by atoms with Gasteiger partial charge in [-0.2, -0.15) is 0 Å². The Bertz CT molecular complexity index is 754. The molecule has 0 radical (unpaired) electrons. The van der Waals surface area contributed by atoms with E-state index in [1.807, 2.05) is 30.3 Å². The Hall–Kier alpha value is -2.08. The SMILES string of the molecule is NCCOc1ccc(Cl)cc1C(=O)N1CC[C@](O)(c2ccccc2)C1. The summed E-state index contributed by atoms with van der Waals surface area (Å²) >= 11 is 6.05. The van der Waals surface area contributed by atoms with Crippen molar-refractivity contribution in [3.05, 3.63) is 64.7 Å². The van der Waals surface area contributed by atoms with Gasteiger partial charge in [-0.25, -0.2) is 0 Å². The van der Waals surface area contributed by atoms with Crippen LogP contribution in [0.2, 0.25) is 5.02 Å². The van der Waals surface area contributed by atoms with Crippen LogP contribution in [0.3, 0.4) is 0 Å². The Balaban J connectivity index is 1.82. The first kappa shape index (κ1) is 17.7. The van der Waals surface area contributed by atoms with Gasteiger partial charge in [-0.15, -0.1) is 0 Å². The van der Waals surface area contributed by atoms with Gasteiger partial charge in [0, 0.05) is 18.1 Å². The summed E-state index contributed by atoms with van der Waals surface area (Å²) in [5, 5.41) is 11.4. The number of benzene rings is 2. The molecule has 3 rings (SSSR count). The fourth-order valence-electron chi connectivity index (χ4n) is 3.09. The molecule has 6 heteroatoms. The molecule has 3 N–H and O–H groups in total. The number of β-amino-alcohol motifs (C(OH)–C–C–N with tert-alkyl or cyclic N) is 1. The van der Waals surface area contributed by atoms with Crippen LogP contribution >= 0.6 is 11.6 Å². The normalized spacial score (nSPS) is 19.9. The van der Waals surface area contributed by atoms with Crippen LogP contribution in [0.5, 0.6) is 5.75 Å². The van der Waals surface area contributed by atoms with Gasteiger partial charge in [0.2, 0.25) is 0 Å². The summed E-state index contributed by atoms with van der Waals surface area (Å²) in [6, 6.07) is 14.4. The van der Waals surface area contributed by atoms with E-state index in [1.165, 1.54) is 0 Å². The van der Waals surface area contributed by atoms with Crippen LogP contribution < -0.4 is 10.5 Å². The maximum atomic E-state index is 12.9. The van der Waals surface area contributed by atoms with Gasteiger partial charge in [0.1, 0.15) is 18.0 Å². The first-order chi connectivity index (χ1) is 12.0. The van der Waals surface area contributed by atoms with E-state index in [4.69, 9.17) is 22.1 Å². The lowest BCUT2D eigenvalue weighted by atomic mass is 9.93. The van der Waals surface area contributed by atoms with Crippen molar-refractivity contribution in [1.82, 2.24) is 4.90 Å². The number of ether oxygens (including phenoxy) is 1. The summed E-state index contributed by atoms with van der Waals surface area (Å²) < 4.78 is 5.56. The van der Waals surface area contributed by atoms with Crippen LogP contribution in [-0.2, 0) is 5.60 Å². The first-order valence-electron chi connectivity index (χ1n) is 8.23. The number of hydrogen-bond donors (Lipinski definition) is 2. The molecule has 1 atom stereocenters. The first-order valence-corrected chi connectivity index (χ1v) is 8.61. The van der Waals surface area contributed by atoms with Crippen molar-refractivity contribution in [2.45, 2.75) is 12.0 Å². The lowest BCUT2D eigenvalue weighted by Crippen LogP contribution is -2.34. The van der Waals surface area contributed by atoms with Crippen LogP contribution in [0, 0.1) is 0 Å². The van der Waals surface area contributed by atoms with Crippen LogP contribution in [0.15, 0.2) is 48.5 Å². The van der Waals surface area contributed by atoms with Gasteiger partial charge in [-0.1, -0.05) is 41.9 Å². The Morgan fingerprint density at radius 1 is 1.28 bits per heavy atom. The zero-order valence-corrected chi connectivity index (χ0v) is 14.6. The number of carbonyl (C=O) groups excluding carboxylic acids is 1. The molecule has 2 aromatic carbocycles. The fraction of sp³-hybridized carbons (Fsp3) is 0.316. The molecule has 1 aliphatic heterocycles. The highest BCUT2D eigenvalue weighted by molar-refractivity contribution is 6.31. The van der Waals surface area contributed by atoms with E-state index in [-0.39, 0.29) is 12.5 Å². The zero-order valence-electron chi connectivity index (χ0n) is 13.8. The molecule has 0 bridgehead atoms. The second-order valence-corrected chi connectivity index (χ2v) is 6.59. The Morgan fingerprint density at radius 2 is 2.04 bits per heavy atom. The van der Waals surface area contributed by atoms with Crippen LogP contribution in [0.4, 0.5) is 0 Å². The largest absolute Gasteiger partial charge is 0.491 e. The Morgan fingerprint density at radius 3 is 2.76 bits per heavy atom. The van der Waals surface area contributed by atoms with Gasteiger partial charge in [-0.05, 0) is 30.2 Å². The predicted molar refractivity (Wildman–Crippen MR) is 96.9 cm³/mol. The summed E-state index contributed by atoms with van der Waals surface area (Å²) in [6.07, 6.45) is 0.488. The number of rotatable bonds is 5. The Kier molecular flexibility index (Phi) is 5.27. The van der Waals surface area contributed by atoms with E-state index in [2.05, 4.69) is 0 Å². The number of amides is 1. The number of nitrogens with zero attached hydrogens (tertiary/aromatic N) is 1. The van der Waals surface area contributed by atoms with Crippen molar-refractivity contribution in [2.75, 3.05) is 26.2 Å². The van der Waals surface area contributed by atoms with Crippen molar-refractivity contribution in [3.63, 3.8) is 0 Å². The number of likely N-dealkylation sites (tertiary alicyclic amines) is 1. The van der Waals surface area contributed by atoms with Gasteiger partial charge in [0.15, 0.2) is 0 Å². The number of hydrogen-bond acceptors (Lipinski definition) is 4. The van der Waals surface area contributed by atoms with Gasteiger partial charge in [0.05, 0.1) is 12.1 Å². The highest BCUT2D eigenvalue weighted by Crippen LogP contribution is 2.34. The van der Waals surface area contributed by atoms with Crippen molar-refractivity contribution in [3.8, 4) is 5.75 Å². The van der Waals surface area contributed by atoms with Crippen LogP contribution in [-0.4, -0.2) is 42.2 Å². The lowest BCUT2D eigenvalue weighted by molar-refractivity contribution is 0.0416. The minimum Gasteiger partial charge on any atom is -0.491 e. The Labute approximate surface area is 152 Å². The summed E-state index contributed by atoms with van der Waals surface area (Å²) in [4.78, 5) is 14.6. The summed E-state index contributed by atoms with van der Waals surface area (Å²) in [5.41, 5.74) is 5.64. The smallest absolute Gasteiger partial charge is 0.257 e. The van der Waals surface area contributed by atoms with E-state index in [9.17, 15) is 9.90 Å². The average Bonchev–Trinajstić information content (AvgIpc) is 3.04. The fourth-order valence-corrected chi connectivity index (χ4v) is 3.26. The minimum absolute atomic E-state index is 0.207. The van der Waals surface area contributed by atoms with E-state index >= 15 is 0 Å². The molecule has 0 unspecified atom stereocenters. The third-order valence-corrected chi connectivity index (χ3v) is 4.63. The molecular formula is C19H21ClN2O3. The van der Waals surface area contributed by atoms with E-state index in [0.717, 1.165) is 5.56 Å². The summed E-state index contributed by atoms with van der Waals surface area (Å²) in [7, 11) is 0. The summed E-state index contributed by atoms with van der Waals surface area (Å²) in [6.45, 7) is 1.37. The topological polar surface area (TPSA) is 75.8 Å². The molecule has 0 aromatic heterocycles. The van der Waals surface area contributed by atoms with Gasteiger partial charge >= 0.3 is 0 Å². The molecule has 0 spiro atoms. The van der Waals surface area contributed by atoms with Crippen LogP contribution in [0.1, 0.15) is 22.3 Å². The maximum absolute atomic E-state index is 12.9. The second kappa shape index (κ2) is 7.44. The quantitative estimate of drug-likeness (QED) is 0.858. The number of aliphatic hydroxyl groups is 1. The van der Waals surface area contributed by atoms with Crippen LogP contribution in [0.25, 0.3) is 0 Å². The molecule has 1 heterocycles. The van der Waals surface area contributed by atoms with Gasteiger partial charge < -0.3 is 20.5 Å². The molecule has 25 heavy (non-hydrogen) atoms. The number of carbonyl (C=O) groups is 1. The van der Waals surface area contributed by atoms with E-state index in [0.29, 0.717) is 42.5 Å². The lowest BCUT2D eigenvalue weighted by Gasteiger charge is -2.24. The average molecular weight is 361 g/mol. The molecule has 132 valence electrons.